The van der Waals surface area contributed by atoms with E-state index in [1.165, 1.54) is 44.7 Å². The molecule has 1 heterocycles. The van der Waals surface area contributed by atoms with Gasteiger partial charge in [-0.15, -0.1) is 0 Å². The fraction of sp³-hybridized carbons (Fsp3) is 0.650. The lowest BCUT2D eigenvalue weighted by Gasteiger charge is -2.51. The highest BCUT2D eigenvalue weighted by Gasteiger charge is 2.47. The summed E-state index contributed by atoms with van der Waals surface area (Å²) >= 11 is 0. The summed E-state index contributed by atoms with van der Waals surface area (Å²) in [6, 6.07) is 6.50. The Bertz CT molecular complexity index is 545. The van der Waals surface area contributed by atoms with E-state index in [1.807, 2.05) is 0 Å². The number of halogens is 1. The summed E-state index contributed by atoms with van der Waals surface area (Å²) in [7, 11) is 0. The molecule has 0 bridgehead atoms. The van der Waals surface area contributed by atoms with Crippen LogP contribution < -0.4 is 0 Å². The van der Waals surface area contributed by atoms with Gasteiger partial charge in [0.15, 0.2) is 0 Å². The average Bonchev–Trinajstić information content (AvgIpc) is 2.62. The van der Waals surface area contributed by atoms with Crippen LogP contribution in [0.3, 0.4) is 0 Å². The Kier molecular flexibility index (Phi) is 5.54. The molecule has 3 nitrogen and oxygen atoms in total. The fourth-order valence-corrected chi connectivity index (χ4v) is 4.54. The van der Waals surface area contributed by atoms with Crippen molar-refractivity contribution in [1.29, 1.82) is 0 Å². The van der Waals surface area contributed by atoms with Crippen LogP contribution in [0, 0.1) is 5.82 Å². The smallest absolute Gasteiger partial charge is 0.303 e. The molecule has 0 amide bonds. The predicted molar refractivity (Wildman–Crippen MR) is 92.1 cm³/mol. The summed E-state index contributed by atoms with van der Waals surface area (Å²) < 4.78 is 19.3. The van der Waals surface area contributed by atoms with Gasteiger partial charge in [0, 0.05) is 6.92 Å². The Hall–Kier alpha value is -1.42. The number of likely N-dealkylation sites (tertiary alicyclic amines) is 1. The molecule has 132 valence electrons. The molecule has 4 heteroatoms. The van der Waals surface area contributed by atoms with Crippen molar-refractivity contribution in [3.63, 3.8) is 0 Å². The van der Waals surface area contributed by atoms with Crippen molar-refractivity contribution in [3.05, 3.63) is 35.6 Å². The van der Waals surface area contributed by atoms with Crippen molar-refractivity contribution in [2.24, 2.45) is 0 Å². The number of nitrogens with zero attached hydrogens (tertiary/aromatic N) is 1. The van der Waals surface area contributed by atoms with E-state index >= 15 is 0 Å². The van der Waals surface area contributed by atoms with Crippen molar-refractivity contribution >= 4 is 5.97 Å². The quantitative estimate of drug-likeness (QED) is 0.753. The van der Waals surface area contributed by atoms with Crippen LogP contribution in [0.1, 0.15) is 70.0 Å². The van der Waals surface area contributed by atoms with E-state index < -0.39 is 0 Å². The maximum absolute atomic E-state index is 13.4. The maximum atomic E-state index is 13.4. The van der Waals surface area contributed by atoms with E-state index in [2.05, 4.69) is 4.90 Å². The van der Waals surface area contributed by atoms with Crippen LogP contribution in [0.4, 0.5) is 4.39 Å². The number of esters is 1. The normalized spacial score (nSPS) is 22.8. The maximum Gasteiger partial charge on any atom is 0.303 e. The van der Waals surface area contributed by atoms with Crippen LogP contribution in [0.5, 0.6) is 0 Å². The lowest BCUT2D eigenvalue weighted by Crippen LogP contribution is -2.56. The summed E-state index contributed by atoms with van der Waals surface area (Å²) in [5.74, 6) is -0.512. The van der Waals surface area contributed by atoms with E-state index in [-0.39, 0.29) is 23.4 Å². The molecular formula is C20H28FNO2. The molecule has 1 atom stereocenters. The summed E-state index contributed by atoms with van der Waals surface area (Å²) in [6.45, 7) is 3.61. The van der Waals surface area contributed by atoms with E-state index in [9.17, 15) is 9.18 Å². The van der Waals surface area contributed by atoms with Gasteiger partial charge in [-0.3, -0.25) is 9.69 Å². The van der Waals surface area contributed by atoms with Gasteiger partial charge in [0.2, 0.25) is 0 Å². The molecule has 1 aliphatic carbocycles. The molecule has 0 radical (unpaired) electrons. The third-order valence-electron chi connectivity index (χ3n) is 5.65. The first-order valence-electron chi connectivity index (χ1n) is 9.29. The number of hydrogen-bond acceptors (Lipinski definition) is 3. The van der Waals surface area contributed by atoms with Crippen LogP contribution in [-0.4, -0.2) is 29.5 Å². The second kappa shape index (κ2) is 7.64. The zero-order valence-corrected chi connectivity index (χ0v) is 14.6. The fourth-order valence-electron chi connectivity index (χ4n) is 4.54. The molecule has 2 fully saturated rings. The van der Waals surface area contributed by atoms with Gasteiger partial charge in [0.25, 0.3) is 0 Å². The highest BCUT2D eigenvalue weighted by molar-refractivity contribution is 5.66. The molecule has 0 spiro atoms. The topological polar surface area (TPSA) is 29.5 Å². The van der Waals surface area contributed by atoms with Crippen LogP contribution in [-0.2, 0) is 9.53 Å². The first-order valence-corrected chi connectivity index (χ1v) is 9.29. The van der Waals surface area contributed by atoms with E-state index in [1.54, 1.807) is 12.1 Å². The van der Waals surface area contributed by atoms with E-state index in [0.29, 0.717) is 0 Å². The second-order valence-electron chi connectivity index (χ2n) is 7.25. The molecule has 2 aliphatic rings. The van der Waals surface area contributed by atoms with E-state index in [4.69, 9.17) is 4.74 Å². The number of hydrogen-bond donors (Lipinski definition) is 0. The largest absolute Gasteiger partial charge is 0.456 e. The van der Waals surface area contributed by atoms with Gasteiger partial charge in [0.1, 0.15) is 11.9 Å². The molecule has 1 aliphatic heterocycles. The number of benzene rings is 1. The van der Waals surface area contributed by atoms with Gasteiger partial charge in [-0.25, -0.2) is 4.39 Å². The molecule has 1 aromatic carbocycles. The molecule has 1 saturated heterocycles. The van der Waals surface area contributed by atoms with Gasteiger partial charge < -0.3 is 4.74 Å². The van der Waals surface area contributed by atoms with Crippen LogP contribution in [0.25, 0.3) is 0 Å². The molecule has 0 aromatic heterocycles. The zero-order chi connectivity index (χ0) is 17.0. The molecular weight excluding hydrogens is 305 g/mol. The van der Waals surface area contributed by atoms with Crippen LogP contribution in [0.2, 0.25) is 0 Å². The average molecular weight is 333 g/mol. The summed E-state index contributed by atoms with van der Waals surface area (Å²) in [5, 5.41) is 0. The van der Waals surface area contributed by atoms with Gasteiger partial charge >= 0.3 is 5.97 Å². The Labute approximate surface area is 144 Å². The molecule has 24 heavy (non-hydrogen) atoms. The first-order chi connectivity index (χ1) is 11.6. The number of rotatable bonds is 4. The van der Waals surface area contributed by atoms with Crippen molar-refractivity contribution in [1.82, 2.24) is 4.90 Å². The van der Waals surface area contributed by atoms with Gasteiger partial charge in [-0.05, 0) is 56.5 Å². The number of carbonyl (C=O) groups is 1. The van der Waals surface area contributed by atoms with E-state index in [0.717, 1.165) is 44.3 Å². The highest BCUT2D eigenvalue weighted by Crippen LogP contribution is 2.46. The van der Waals surface area contributed by atoms with Crippen molar-refractivity contribution in [2.45, 2.75) is 69.9 Å². The molecule has 0 N–H and O–H groups in total. The summed E-state index contributed by atoms with van der Waals surface area (Å²) in [5.41, 5.74) is 0.779. The van der Waals surface area contributed by atoms with Gasteiger partial charge in [-0.1, -0.05) is 37.8 Å². The van der Waals surface area contributed by atoms with Gasteiger partial charge in [-0.2, -0.15) is 0 Å². The molecule has 3 rings (SSSR count). The van der Waals surface area contributed by atoms with Crippen LogP contribution >= 0.6 is 0 Å². The minimum absolute atomic E-state index is 0.137. The summed E-state index contributed by atoms with van der Waals surface area (Å²) in [4.78, 5) is 14.4. The molecule has 1 aromatic rings. The van der Waals surface area contributed by atoms with Gasteiger partial charge in [0.05, 0.1) is 5.54 Å². The Morgan fingerprint density at radius 3 is 2.21 bits per heavy atom. The Morgan fingerprint density at radius 2 is 1.62 bits per heavy atom. The highest BCUT2D eigenvalue weighted by atomic mass is 19.1. The third kappa shape index (κ3) is 3.64. The number of piperidine rings is 1. The lowest BCUT2D eigenvalue weighted by atomic mass is 9.73. The van der Waals surface area contributed by atoms with Crippen molar-refractivity contribution < 1.29 is 13.9 Å². The first kappa shape index (κ1) is 17.4. The Morgan fingerprint density at radius 1 is 1.04 bits per heavy atom. The SMILES string of the molecule is CC(=O)OC(c1ccc(F)cc1)C1(N2CCCCC2)CCCCC1. The van der Waals surface area contributed by atoms with Crippen LogP contribution in [0.15, 0.2) is 24.3 Å². The lowest BCUT2D eigenvalue weighted by molar-refractivity contribution is -0.161. The van der Waals surface area contributed by atoms with Crippen molar-refractivity contribution in [2.75, 3.05) is 13.1 Å². The monoisotopic (exact) mass is 333 g/mol. The minimum atomic E-state index is -0.311. The predicted octanol–water partition coefficient (Wildman–Crippen LogP) is 4.62. The zero-order valence-electron chi connectivity index (χ0n) is 14.6. The minimum Gasteiger partial charge on any atom is -0.456 e. The number of ether oxygens (including phenoxy) is 1. The molecule has 1 saturated carbocycles. The standard InChI is InChI=1S/C20H28FNO2/c1-16(23)24-19(17-8-10-18(21)11-9-17)20(12-4-2-5-13-20)22-14-6-3-7-15-22/h8-11,19H,2-7,12-15H2,1H3. The third-order valence-corrected chi connectivity index (χ3v) is 5.65. The second-order valence-corrected chi connectivity index (χ2v) is 7.25. The molecule has 1 unspecified atom stereocenters. The Balaban J connectivity index is 1.98. The summed E-state index contributed by atoms with van der Waals surface area (Å²) in [6.07, 6.45) is 9.03. The number of carbonyl (C=O) groups excluding carboxylic acids is 1. The van der Waals surface area contributed by atoms with Crippen molar-refractivity contribution in [3.8, 4) is 0 Å².